The van der Waals surface area contributed by atoms with Gasteiger partial charge in [-0.3, -0.25) is 4.79 Å². The molecule has 0 spiro atoms. The Morgan fingerprint density at radius 3 is 2.70 bits per heavy atom. The topological polar surface area (TPSA) is 89.5 Å². The van der Waals surface area contributed by atoms with E-state index in [1.54, 1.807) is 6.07 Å². The van der Waals surface area contributed by atoms with E-state index < -0.39 is 11.9 Å². The van der Waals surface area contributed by atoms with Crippen LogP contribution in [0.2, 0.25) is 5.02 Å². The minimum atomic E-state index is -0.494. The second kappa shape index (κ2) is 10.8. The van der Waals surface area contributed by atoms with E-state index >= 15 is 0 Å². The van der Waals surface area contributed by atoms with E-state index in [0.29, 0.717) is 61.6 Å². The highest BCUT2D eigenvalue weighted by Gasteiger charge is 2.32. The van der Waals surface area contributed by atoms with E-state index in [2.05, 4.69) is 10.2 Å². The molecule has 0 aromatic heterocycles. The van der Waals surface area contributed by atoms with Crippen LogP contribution in [0.4, 0.5) is 0 Å². The molecule has 3 heterocycles. The molecule has 3 aliphatic rings. The Morgan fingerprint density at radius 1 is 1.24 bits per heavy atom. The second-order valence-electron chi connectivity index (χ2n) is 9.30. The van der Waals surface area contributed by atoms with Crippen molar-refractivity contribution in [2.45, 2.75) is 51.4 Å². The summed E-state index contributed by atoms with van der Waals surface area (Å²) in [4.78, 5) is 15.3. The molecule has 8 nitrogen and oxygen atoms in total. The smallest absolute Gasteiger partial charge is 0.255 e. The van der Waals surface area contributed by atoms with Gasteiger partial charge in [-0.1, -0.05) is 11.6 Å². The number of ether oxygens (including phenoxy) is 4. The molecule has 2 unspecified atom stereocenters. The molecule has 1 aromatic rings. The van der Waals surface area contributed by atoms with Crippen molar-refractivity contribution in [2.75, 3.05) is 52.6 Å². The Morgan fingerprint density at radius 2 is 1.97 bits per heavy atom. The van der Waals surface area contributed by atoms with Crippen LogP contribution in [0, 0.1) is 12.8 Å². The average Bonchev–Trinajstić information content (AvgIpc) is 3.07. The van der Waals surface area contributed by atoms with Crippen LogP contribution in [-0.4, -0.2) is 80.4 Å². The summed E-state index contributed by atoms with van der Waals surface area (Å²) < 4.78 is 22.9. The summed E-state index contributed by atoms with van der Waals surface area (Å²) in [5, 5.41) is 14.1. The van der Waals surface area contributed by atoms with Crippen molar-refractivity contribution in [3.63, 3.8) is 0 Å². The van der Waals surface area contributed by atoms with Crippen molar-refractivity contribution in [3.8, 4) is 11.5 Å². The second-order valence-corrected chi connectivity index (χ2v) is 9.71. The van der Waals surface area contributed by atoms with Gasteiger partial charge in [0, 0.05) is 42.4 Å². The summed E-state index contributed by atoms with van der Waals surface area (Å²) >= 11 is 6.35. The number of hydrogen-bond donors (Lipinski definition) is 2. The van der Waals surface area contributed by atoms with Gasteiger partial charge in [0.1, 0.15) is 0 Å². The fraction of sp³-hybridized carbons (Fsp3) is 0.708. The lowest BCUT2D eigenvalue weighted by molar-refractivity contribution is -0.148. The number of carbonyl (C=O) groups is 1. The van der Waals surface area contributed by atoms with Crippen LogP contribution in [0.3, 0.4) is 0 Å². The fourth-order valence-electron chi connectivity index (χ4n) is 4.73. The predicted molar refractivity (Wildman–Crippen MR) is 124 cm³/mol. The number of benzene rings is 1. The lowest BCUT2D eigenvalue weighted by Crippen LogP contribution is -2.48. The number of carbonyl (C=O) groups excluding carboxylic acids is 1. The third-order valence-corrected chi connectivity index (χ3v) is 7.17. The molecule has 4 rings (SSSR count). The molecular formula is C24H35ClN2O6. The summed E-state index contributed by atoms with van der Waals surface area (Å²) in [6.45, 7) is 8.95. The van der Waals surface area contributed by atoms with Crippen molar-refractivity contribution in [3.05, 3.63) is 22.2 Å². The molecule has 2 saturated heterocycles. The van der Waals surface area contributed by atoms with Crippen LogP contribution < -0.4 is 14.8 Å². The molecule has 0 aliphatic carbocycles. The number of aliphatic hydroxyl groups excluding tert-OH is 1. The van der Waals surface area contributed by atoms with Crippen LogP contribution in [0.15, 0.2) is 6.07 Å². The Hall–Kier alpha value is -1.58. The fourth-order valence-corrected chi connectivity index (χ4v) is 4.92. The predicted octanol–water partition coefficient (Wildman–Crippen LogP) is 2.77. The van der Waals surface area contributed by atoms with Gasteiger partial charge in [0.2, 0.25) is 0 Å². The Bertz CT molecular complexity index is 845. The highest BCUT2D eigenvalue weighted by atomic mass is 35.5. The number of fused-ring (bicyclic) bond motifs is 1. The van der Waals surface area contributed by atoms with E-state index in [4.69, 9.17) is 30.5 Å². The number of nitrogens with one attached hydrogen (secondary N) is 1. The molecule has 9 heteroatoms. The average molecular weight is 483 g/mol. The number of likely N-dealkylation sites (tertiary alicyclic amines) is 1. The summed E-state index contributed by atoms with van der Waals surface area (Å²) in [5.74, 6) is 0.262. The first kappa shape index (κ1) is 24.5. The molecule has 2 fully saturated rings. The third-order valence-electron chi connectivity index (χ3n) is 6.78. The van der Waals surface area contributed by atoms with Crippen molar-refractivity contribution in [1.29, 1.82) is 0 Å². The quantitative estimate of drug-likeness (QED) is 0.617. The maximum atomic E-state index is 13.0. The summed E-state index contributed by atoms with van der Waals surface area (Å²) in [7, 11) is 0. The lowest BCUT2D eigenvalue weighted by atomic mass is 9.93. The zero-order chi connectivity index (χ0) is 23.4. The molecule has 0 saturated carbocycles. The van der Waals surface area contributed by atoms with Crippen molar-refractivity contribution in [2.24, 2.45) is 5.92 Å². The number of amides is 1. The van der Waals surface area contributed by atoms with Gasteiger partial charge >= 0.3 is 0 Å². The zero-order valence-corrected chi connectivity index (χ0v) is 20.3. The Kier molecular flexibility index (Phi) is 8.02. The normalized spacial score (nSPS) is 25.0. The van der Waals surface area contributed by atoms with Gasteiger partial charge in [0.05, 0.1) is 38.1 Å². The molecular weight excluding hydrogens is 448 g/mol. The first-order chi connectivity index (χ1) is 15.9. The van der Waals surface area contributed by atoms with Crippen LogP contribution in [0.1, 0.15) is 48.5 Å². The molecule has 184 valence electrons. The van der Waals surface area contributed by atoms with Crippen molar-refractivity contribution < 1.29 is 28.8 Å². The highest BCUT2D eigenvalue weighted by molar-refractivity contribution is 6.32. The van der Waals surface area contributed by atoms with Crippen LogP contribution in [0.25, 0.3) is 0 Å². The molecule has 1 amide bonds. The minimum absolute atomic E-state index is 0.000841. The van der Waals surface area contributed by atoms with E-state index in [-0.39, 0.29) is 11.8 Å². The number of piperidine rings is 1. The van der Waals surface area contributed by atoms with Gasteiger partial charge in [0.15, 0.2) is 17.3 Å². The van der Waals surface area contributed by atoms with E-state index in [9.17, 15) is 9.90 Å². The van der Waals surface area contributed by atoms with Crippen LogP contribution >= 0.6 is 11.6 Å². The third kappa shape index (κ3) is 5.92. The van der Waals surface area contributed by atoms with Gasteiger partial charge < -0.3 is 34.3 Å². The van der Waals surface area contributed by atoms with Crippen molar-refractivity contribution in [1.82, 2.24) is 10.2 Å². The molecule has 2 atom stereocenters. The van der Waals surface area contributed by atoms with E-state index in [0.717, 1.165) is 44.3 Å². The number of hydrogen-bond acceptors (Lipinski definition) is 7. The highest BCUT2D eigenvalue weighted by Crippen LogP contribution is 2.40. The number of halogens is 1. The van der Waals surface area contributed by atoms with Gasteiger partial charge in [-0.15, -0.1) is 0 Å². The minimum Gasteiger partial charge on any atom is -0.489 e. The summed E-state index contributed by atoms with van der Waals surface area (Å²) in [5.41, 5.74) is 1.15. The van der Waals surface area contributed by atoms with Gasteiger partial charge in [-0.25, -0.2) is 0 Å². The molecule has 2 N–H and O–H groups in total. The molecule has 1 aromatic carbocycles. The largest absolute Gasteiger partial charge is 0.489 e. The first-order valence-corrected chi connectivity index (χ1v) is 12.3. The SMILES string of the molecule is Cc1c(Cl)cc(C(=O)NCC2CCN(CCCC3(C)OCCO3)CC2O)c2c1OCCCO2. The number of β-amino-alcohol motifs (C(OH)–C–C–N with tert-alkyl or cyclic N) is 1. The Labute approximate surface area is 200 Å². The van der Waals surface area contributed by atoms with Crippen molar-refractivity contribution >= 4 is 17.5 Å². The van der Waals surface area contributed by atoms with Crippen LogP contribution in [-0.2, 0) is 9.47 Å². The number of nitrogens with zero attached hydrogens (tertiary/aromatic N) is 1. The maximum Gasteiger partial charge on any atom is 0.255 e. The number of rotatable bonds is 7. The molecule has 33 heavy (non-hydrogen) atoms. The zero-order valence-electron chi connectivity index (χ0n) is 19.5. The monoisotopic (exact) mass is 482 g/mol. The molecule has 3 aliphatic heterocycles. The van der Waals surface area contributed by atoms with E-state index in [1.165, 1.54) is 0 Å². The number of aliphatic hydroxyl groups is 1. The maximum absolute atomic E-state index is 13.0. The van der Waals surface area contributed by atoms with E-state index in [1.807, 2.05) is 13.8 Å². The standard InChI is InChI=1S/C24H35ClN2O6/c1-16-19(25)13-18(22-21(16)30-9-4-10-31-22)23(29)26-14-17-5-8-27(15-20(17)28)7-3-6-24(2)32-11-12-33-24/h13,17,20,28H,3-12,14-15H2,1-2H3,(H,26,29). The van der Waals surface area contributed by atoms with Crippen LogP contribution in [0.5, 0.6) is 11.5 Å². The lowest BCUT2D eigenvalue weighted by Gasteiger charge is -2.36. The molecule has 0 radical (unpaired) electrons. The van der Waals surface area contributed by atoms with Gasteiger partial charge in [-0.2, -0.15) is 0 Å². The summed E-state index contributed by atoms with van der Waals surface area (Å²) in [6, 6.07) is 1.64. The van der Waals surface area contributed by atoms with Gasteiger partial charge in [0.25, 0.3) is 5.91 Å². The van der Waals surface area contributed by atoms with Gasteiger partial charge in [-0.05, 0) is 45.8 Å². The molecule has 0 bridgehead atoms. The first-order valence-electron chi connectivity index (χ1n) is 11.9. The summed E-state index contributed by atoms with van der Waals surface area (Å²) in [6.07, 6.45) is 2.86. The Balaban J connectivity index is 1.28.